The summed E-state index contributed by atoms with van der Waals surface area (Å²) < 4.78 is 11.9. The van der Waals surface area contributed by atoms with Crippen LogP contribution in [-0.2, 0) is 22.5 Å². The van der Waals surface area contributed by atoms with Crippen LogP contribution < -0.4 is 4.74 Å². The molecule has 0 saturated heterocycles. The maximum absolute atomic E-state index is 12.7. The molecule has 35 heavy (non-hydrogen) atoms. The molecule has 0 aromatic heterocycles. The van der Waals surface area contributed by atoms with Crippen LogP contribution in [0, 0.1) is 0 Å². The minimum atomic E-state index is -0.291. The summed E-state index contributed by atoms with van der Waals surface area (Å²) in [5.41, 5.74) is 2.39. The van der Waals surface area contributed by atoms with Gasteiger partial charge in [0.2, 0.25) is 6.79 Å². The van der Waals surface area contributed by atoms with E-state index in [2.05, 4.69) is 45.3 Å². The van der Waals surface area contributed by atoms with Crippen molar-refractivity contribution in [2.75, 3.05) is 20.9 Å². The summed E-state index contributed by atoms with van der Waals surface area (Å²) in [6.45, 7) is 4.90. The molecule has 0 fully saturated rings. The summed E-state index contributed by atoms with van der Waals surface area (Å²) in [7, 11) is 4.11. The minimum absolute atomic E-state index is 0.0520. The quantitative estimate of drug-likeness (QED) is 0.0945. The third kappa shape index (κ3) is 11.3. The first-order valence-corrected chi connectivity index (χ1v) is 13.7. The molecule has 0 heterocycles. The van der Waals surface area contributed by atoms with Gasteiger partial charge in [0.15, 0.2) is 6.04 Å². The Morgan fingerprint density at radius 3 is 2.03 bits per heavy atom. The smallest absolute Gasteiger partial charge is 0.367 e. The first-order chi connectivity index (χ1) is 16.9. The van der Waals surface area contributed by atoms with Crippen LogP contribution in [0.2, 0.25) is 0 Å². The van der Waals surface area contributed by atoms with E-state index in [1.54, 1.807) is 0 Å². The molecule has 0 bridgehead atoms. The van der Waals surface area contributed by atoms with Gasteiger partial charge in [-0.1, -0.05) is 113 Å². The number of hydrogen-bond donors (Lipinski definition) is 0. The highest BCUT2D eigenvalue weighted by Crippen LogP contribution is 2.22. The second-order valence-electron chi connectivity index (χ2n) is 10.4. The van der Waals surface area contributed by atoms with Gasteiger partial charge in [-0.05, 0) is 31.4 Å². The molecule has 0 N–H and O–H groups in total. The largest absolute Gasteiger partial charge is 0.457 e. The Balaban J connectivity index is 1.68. The molecule has 0 aliphatic heterocycles. The molecule has 0 aliphatic rings. The number of nitrogens with zero attached hydrogens (tertiary/aromatic N) is 1. The molecule has 0 amide bonds. The second kappa shape index (κ2) is 16.4. The van der Waals surface area contributed by atoms with Gasteiger partial charge in [-0.15, -0.1) is 0 Å². The lowest BCUT2D eigenvalue weighted by atomic mass is 10.0. The normalized spacial score (nSPS) is 12.3. The number of hydrogen-bond acceptors (Lipinski definition) is 3. The van der Waals surface area contributed by atoms with E-state index in [1.165, 1.54) is 68.9 Å². The number of likely N-dealkylation sites (N-methyl/N-ethyl adjacent to an activating group) is 1. The summed E-state index contributed by atoms with van der Waals surface area (Å²) in [5, 5.41) is 0. The molecule has 4 nitrogen and oxygen atoms in total. The van der Waals surface area contributed by atoms with Gasteiger partial charge in [-0.3, -0.25) is 0 Å². The van der Waals surface area contributed by atoms with Gasteiger partial charge >= 0.3 is 5.97 Å². The van der Waals surface area contributed by atoms with Gasteiger partial charge in [-0.25, -0.2) is 4.79 Å². The molecule has 194 valence electrons. The van der Waals surface area contributed by atoms with Crippen molar-refractivity contribution >= 4 is 5.97 Å². The maximum atomic E-state index is 12.7. The number of carbonyl (C=O) groups excluding carboxylic acids is 1. The first kappa shape index (κ1) is 28.9. The van der Waals surface area contributed by atoms with Crippen molar-refractivity contribution in [3.05, 3.63) is 65.7 Å². The van der Waals surface area contributed by atoms with E-state index >= 15 is 0 Å². The number of unbranched alkanes of at least 4 members (excludes halogenated alkanes) is 9. The number of benzene rings is 2. The molecule has 0 radical (unpaired) electrons. The first-order valence-electron chi connectivity index (χ1n) is 13.7. The summed E-state index contributed by atoms with van der Waals surface area (Å²) in [5.74, 6) is 0.583. The SMILES string of the molecule is CCCCCCCCCCCCc1ccccc1OCOC(=O)C(C)[N+](C)(C)Cc1ccccc1. The van der Waals surface area contributed by atoms with Gasteiger partial charge in [0.05, 0.1) is 14.1 Å². The number of rotatable bonds is 18. The fourth-order valence-electron chi connectivity index (χ4n) is 4.40. The number of esters is 1. The number of para-hydroxylation sites is 1. The molecule has 4 heteroatoms. The molecule has 0 aliphatic carbocycles. The van der Waals surface area contributed by atoms with E-state index in [1.807, 2.05) is 37.3 Å². The van der Waals surface area contributed by atoms with E-state index in [4.69, 9.17) is 9.47 Å². The van der Waals surface area contributed by atoms with Crippen molar-refractivity contribution in [1.82, 2.24) is 0 Å². The molecular weight excluding hydrogens is 434 g/mol. The summed E-state index contributed by atoms with van der Waals surface area (Å²) in [6, 6.07) is 18.1. The van der Waals surface area contributed by atoms with Crippen LogP contribution in [-0.4, -0.2) is 37.4 Å². The maximum Gasteiger partial charge on any atom is 0.367 e. The predicted octanol–water partition coefficient (Wildman–Crippen LogP) is 7.69. The highest BCUT2D eigenvalue weighted by molar-refractivity contribution is 5.74. The highest BCUT2D eigenvalue weighted by atomic mass is 16.7. The van der Waals surface area contributed by atoms with Gasteiger partial charge in [0, 0.05) is 5.56 Å². The lowest BCUT2D eigenvalue weighted by Crippen LogP contribution is -2.51. The zero-order valence-corrected chi connectivity index (χ0v) is 22.6. The van der Waals surface area contributed by atoms with Crippen molar-refractivity contribution in [3.8, 4) is 5.75 Å². The molecule has 0 spiro atoms. The Bertz CT molecular complexity index is 834. The van der Waals surface area contributed by atoms with Crippen LogP contribution in [0.25, 0.3) is 0 Å². The number of ether oxygens (including phenoxy) is 2. The topological polar surface area (TPSA) is 35.5 Å². The summed E-state index contributed by atoms with van der Waals surface area (Å²) in [4.78, 5) is 12.7. The van der Waals surface area contributed by atoms with E-state index in [9.17, 15) is 4.79 Å². The molecule has 1 atom stereocenters. The zero-order chi connectivity index (χ0) is 25.4. The van der Waals surface area contributed by atoms with E-state index in [-0.39, 0.29) is 18.8 Å². The molecule has 1 unspecified atom stereocenters. The monoisotopic (exact) mass is 482 g/mol. The average Bonchev–Trinajstić information content (AvgIpc) is 2.85. The van der Waals surface area contributed by atoms with Gasteiger partial charge in [0.1, 0.15) is 12.3 Å². The van der Waals surface area contributed by atoms with Crippen molar-refractivity contribution in [3.63, 3.8) is 0 Å². The van der Waals surface area contributed by atoms with Crippen LogP contribution in [0.3, 0.4) is 0 Å². The zero-order valence-electron chi connectivity index (χ0n) is 22.6. The Kier molecular flexibility index (Phi) is 13.5. The average molecular weight is 483 g/mol. The third-order valence-corrected chi connectivity index (χ3v) is 7.01. The van der Waals surface area contributed by atoms with Crippen LogP contribution in [0.5, 0.6) is 5.75 Å². The fraction of sp³-hybridized carbons (Fsp3) is 0.581. The van der Waals surface area contributed by atoms with Crippen molar-refractivity contribution in [2.24, 2.45) is 0 Å². The summed E-state index contributed by atoms with van der Waals surface area (Å²) >= 11 is 0. The lowest BCUT2D eigenvalue weighted by molar-refractivity contribution is -0.917. The van der Waals surface area contributed by atoms with Crippen molar-refractivity contribution < 1.29 is 18.8 Å². The van der Waals surface area contributed by atoms with E-state index in [0.717, 1.165) is 25.1 Å². The Morgan fingerprint density at radius 2 is 1.37 bits per heavy atom. The van der Waals surface area contributed by atoms with Gasteiger partial charge < -0.3 is 14.0 Å². The van der Waals surface area contributed by atoms with Gasteiger partial charge in [-0.2, -0.15) is 0 Å². The standard InChI is InChI=1S/C31H48NO3/c1-5-6-7-8-9-10-11-12-13-17-22-29-23-18-19-24-30(29)34-26-35-31(33)27(2)32(3,4)25-28-20-15-14-16-21-28/h14-16,18-21,23-24,27H,5-13,17,22,25-26H2,1-4H3/q+1. The molecule has 2 aromatic rings. The Hall–Kier alpha value is -2.33. The highest BCUT2D eigenvalue weighted by Gasteiger charge is 2.32. The number of carbonyl (C=O) groups is 1. The van der Waals surface area contributed by atoms with Crippen LogP contribution in [0.1, 0.15) is 89.2 Å². The molecular formula is C31H48NO3+. The molecule has 0 saturated carbocycles. The number of aryl methyl sites for hydroxylation is 1. The van der Waals surface area contributed by atoms with Crippen LogP contribution in [0.15, 0.2) is 54.6 Å². The number of quaternary nitrogens is 1. The van der Waals surface area contributed by atoms with Crippen LogP contribution >= 0.6 is 0 Å². The van der Waals surface area contributed by atoms with Crippen molar-refractivity contribution in [1.29, 1.82) is 0 Å². The van der Waals surface area contributed by atoms with Crippen LogP contribution in [0.4, 0.5) is 0 Å². The molecule has 2 aromatic carbocycles. The lowest BCUT2D eigenvalue weighted by Gasteiger charge is -2.34. The van der Waals surface area contributed by atoms with E-state index < -0.39 is 0 Å². The fourth-order valence-corrected chi connectivity index (χ4v) is 4.40. The predicted molar refractivity (Wildman–Crippen MR) is 145 cm³/mol. The Labute approximate surface area is 214 Å². The third-order valence-electron chi connectivity index (χ3n) is 7.01. The minimum Gasteiger partial charge on any atom is -0.457 e. The molecule has 2 rings (SSSR count). The second-order valence-corrected chi connectivity index (χ2v) is 10.4. The summed E-state index contributed by atoms with van der Waals surface area (Å²) in [6.07, 6.45) is 14.3. The Morgan fingerprint density at radius 1 is 0.800 bits per heavy atom. The van der Waals surface area contributed by atoms with Gasteiger partial charge in [0.25, 0.3) is 0 Å². The van der Waals surface area contributed by atoms with E-state index in [0.29, 0.717) is 4.48 Å². The van der Waals surface area contributed by atoms with Crippen molar-refractivity contribution in [2.45, 2.75) is 97.1 Å².